The summed E-state index contributed by atoms with van der Waals surface area (Å²) in [6, 6.07) is 15.8. The zero-order valence-corrected chi connectivity index (χ0v) is 21.9. The van der Waals surface area contributed by atoms with Crippen molar-refractivity contribution < 1.29 is 4.74 Å². The second kappa shape index (κ2) is 9.82. The topological polar surface area (TPSA) is 61.4 Å². The fourth-order valence-electron chi connectivity index (χ4n) is 5.07. The fourth-order valence-corrected chi connectivity index (χ4v) is 5.43. The third-order valence-electron chi connectivity index (χ3n) is 6.92. The van der Waals surface area contributed by atoms with Gasteiger partial charge in [-0.1, -0.05) is 35.2 Å². The van der Waals surface area contributed by atoms with Crippen molar-refractivity contribution in [2.45, 2.75) is 51.9 Å². The molecule has 0 atom stereocenters. The second-order valence-electron chi connectivity index (χ2n) is 9.19. The van der Waals surface area contributed by atoms with Gasteiger partial charge in [0.15, 0.2) is 0 Å². The zero-order chi connectivity index (χ0) is 24.5. The van der Waals surface area contributed by atoms with Crippen LogP contribution in [0.25, 0.3) is 16.6 Å². The molecule has 0 bridgehead atoms. The van der Waals surface area contributed by atoms with E-state index in [1.54, 1.807) is 13.3 Å². The van der Waals surface area contributed by atoms with E-state index in [2.05, 4.69) is 40.4 Å². The first-order valence-corrected chi connectivity index (χ1v) is 12.9. The number of methoxy groups -OCH3 is 1. The largest absolute Gasteiger partial charge is 0.497 e. The number of fused-ring (bicyclic) bond motifs is 1. The number of nitrogens with zero attached hydrogens (tertiary/aromatic N) is 4. The minimum absolute atomic E-state index is 0.128. The molecule has 0 spiro atoms. The molecular weight excluding hydrogens is 504 g/mol. The monoisotopic (exact) mass is 532 g/mol. The first-order chi connectivity index (χ1) is 17.0. The molecule has 5 rings (SSSR count). The van der Waals surface area contributed by atoms with Crippen molar-refractivity contribution >= 4 is 33.0 Å². The third kappa shape index (κ3) is 4.57. The summed E-state index contributed by atoms with van der Waals surface area (Å²) in [7, 11) is 1.67. The lowest BCUT2D eigenvalue weighted by Crippen LogP contribution is -2.25. The van der Waals surface area contributed by atoms with Crippen LogP contribution in [0.1, 0.15) is 60.8 Å². The van der Waals surface area contributed by atoms with Crippen molar-refractivity contribution in [3.8, 4) is 11.4 Å². The third-order valence-corrected chi connectivity index (χ3v) is 7.41. The maximum atomic E-state index is 13.6. The van der Waals surface area contributed by atoms with Crippen LogP contribution in [-0.4, -0.2) is 27.6 Å². The van der Waals surface area contributed by atoms with Gasteiger partial charge < -0.3 is 9.30 Å². The van der Waals surface area contributed by atoms with Crippen LogP contribution in [0.2, 0.25) is 0 Å². The Morgan fingerprint density at radius 3 is 2.51 bits per heavy atom. The molecule has 1 saturated carbocycles. The van der Waals surface area contributed by atoms with Crippen molar-refractivity contribution in [1.82, 2.24) is 14.2 Å². The Kier molecular flexibility index (Phi) is 6.60. The van der Waals surface area contributed by atoms with E-state index in [4.69, 9.17) is 14.8 Å². The Balaban J connectivity index is 1.59. The first kappa shape index (κ1) is 23.5. The lowest BCUT2D eigenvalue weighted by molar-refractivity contribution is 0.414. The number of hydrogen-bond donors (Lipinski definition) is 0. The van der Waals surface area contributed by atoms with Crippen LogP contribution in [0.3, 0.4) is 0 Å². The van der Waals surface area contributed by atoms with Crippen LogP contribution in [0.5, 0.6) is 5.75 Å². The minimum Gasteiger partial charge on any atom is -0.497 e. The SMILES string of the molecule is COc1ccc(-n2c(C)cc(C=Nn3c(C4CCCCC4)nc4ccc(Br)cc4c3=O)c2C)cc1. The summed E-state index contributed by atoms with van der Waals surface area (Å²) < 4.78 is 9.87. The zero-order valence-electron chi connectivity index (χ0n) is 20.3. The first-order valence-electron chi connectivity index (χ1n) is 12.1. The number of aromatic nitrogens is 3. The average Bonchev–Trinajstić information content (AvgIpc) is 3.17. The van der Waals surface area contributed by atoms with Crippen molar-refractivity contribution in [2.75, 3.05) is 7.11 Å². The van der Waals surface area contributed by atoms with Gasteiger partial charge in [0.05, 0.1) is 24.2 Å². The van der Waals surface area contributed by atoms with E-state index in [0.717, 1.165) is 69.9 Å². The second-order valence-corrected chi connectivity index (χ2v) is 10.1. The van der Waals surface area contributed by atoms with E-state index in [1.165, 1.54) is 11.1 Å². The molecule has 6 nitrogen and oxygen atoms in total. The van der Waals surface area contributed by atoms with Crippen LogP contribution in [0.4, 0.5) is 0 Å². The molecule has 180 valence electrons. The highest BCUT2D eigenvalue weighted by Crippen LogP contribution is 2.32. The molecule has 0 aliphatic heterocycles. The smallest absolute Gasteiger partial charge is 0.282 e. The van der Waals surface area contributed by atoms with Crippen molar-refractivity contribution in [2.24, 2.45) is 5.10 Å². The number of halogens is 1. The van der Waals surface area contributed by atoms with Crippen molar-refractivity contribution in [3.05, 3.63) is 86.1 Å². The number of benzene rings is 2. The average molecular weight is 533 g/mol. The van der Waals surface area contributed by atoms with Gasteiger partial charge in [-0.2, -0.15) is 9.78 Å². The summed E-state index contributed by atoms with van der Waals surface area (Å²) in [5.41, 5.74) is 4.77. The Morgan fingerprint density at radius 2 is 1.80 bits per heavy atom. The van der Waals surface area contributed by atoms with E-state index >= 15 is 0 Å². The Labute approximate surface area is 213 Å². The van der Waals surface area contributed by atoms with E-state index in [9.17, 15) is 4.79 Å². The van der Waals surface area contributed by atoms with Gasteiger partial charge in [0.2, 0.25) is 0 Å². The molecule has 1 aliphatic carbocycles. The standard InChI is InChI=1S/C28H29BrN4O2/c1-18-15-21(19(2)32(18)23-10-12-24(35-3)13-11-23)17-30-33-27(20-7-5-4-6-8-20)31-26-14-9-22(29)16-25(26)28(33)34/h9-17,20H,4-8H2,1-3H3. The van der Waals surface area contributed by atoms with E-state index < -0.39 is 0 Å². The molecule has 0 N–H and O–H groups in total. The lowest BCUT2D eigenvalue weighted by atomic mass is 9.88. The van der Waals surface area contributed by atoms with Crippen LogP contribution in [0, 0.1) is 13.8 Å². The van der Waals surface area contributed by atoms with Gasteiger partial charge in [-0.25, -0.2) is 4.98 Å². The van der Waals surface area contributed by atoms with Gasteiger partial charge in [-0.3, -0.25) is 4.79 Å². The highest BCUT2D eigenvalue weighted by molar-refractivity contribution is 9.10. The predicted octanol–water partition coefficient (Wildman–Crippen LogP) is 6.51. The normalized spacial score (nSPS) is 14.7. The molecule has 0 saturated heterocycles. The lowest BCUT2D eigenvalue weighted by Gasteiger charge is -2.22. The van der Waals surface area contributed by atoms with Gasteiger partial charge in [-0.05, 0) is 75.2 Å². The van der Waals surface area contributed by atoms with Crippen LogP contribution < -0.4 is 10.3 Å². The molecule has 1 aliphatic rings. The predicted molar refractivity (Wildman–Crippen MR) is 144 cm³/mol. The molecule has 2 heterocycles. The van der Waals surface area contributed by atoms with Gasteiger partial charge in [0.25, 0.3) is 5.56 Å². The number of aryl methyl sites for hydroxylation is 1. The maximum absolute atomic E-state index is 13.6. The molecule has 2 aromatic carbocycles. The number of rotatable bonds is 5. The van der Waals surface area contributed by atoms with Gasteiger partial charge >= 0.3 is 0 Å². The van der Waals surface area contributed by atoms with Gasteiger partial charge in [-0.15, -0.1) is 0 Å². The van der Waals surface area contributed by atoms with Gasteiger partial charge in [0.1, 0.15) is 11.6 Å². The molecule has 0 amide bonds. The molecule has 7 heteroatoms. The fraction of sp³-hybridized carbons (Fsp3) is 0.321. The van der Waals surface area contributed by atoms with E-state index in [1.807, 2.05) is 42.5 Å². The summed E-state index contributed by atoms with van der Waals surface area (Å²) in [6.07, 6.45) is 7.42. The Bertz CT molecular complexity index is 1460. The Morgan fingerprint density at radius 1 is 1.06 bits per heavy atom. The molecule has 0 unspecified atom stereocenters. The number of hydrogen-bond acceptors (Lipinski definition) is 4. The van der Waals surface area contributed by atoms with E-state index in [0.29, 0.717) is 5.39 Å². The highest BCUT2D eigenvalue weighted by atomic mass is 79.9. The minimum atomic E-state index is -0.128. The van der Waals surface area contributed by atoms with E-state index in [-0.39, 0.29) is 11.5 Å². The Hall–Kier alpha value is -3.19. The molecule has 0 radical (unpaired) electrons. The molecular formula is C28H29BrN4O2. The van der Waals surface area contributed by atoms with Crippen LogP contribution in [-0.2, 0) is 0 Å². The highest BCUT2D eigenvalue weighted by Gasteiger charge is 2.22. The summed E-state index contributed by atoms with van der Waals surface area (Å²) >= 11 is 3.49. The summed E-state index contributed by atoms with van der Waals surface area (Å²) in [6.45, 7) is 4.14. The summed E-state index contributed by atoms with van der Waals surface area (Å²) in [4.78, 5) is 18.5. The van der Waals surface area contributed by atoms with Crippen molar-refractivity contribution in [3.63, 3.8) is 0 Å². The number of ether oxygens (including phenoxy) is 1. The quantitative estimate of drug-likeness (QED) is 0.275. The summed E-state index contributed by atoms with van der Waals surface area (Å²) in [5, 5.41) is 5.30. The van der Waals surface area contributed by atoms with Crippen LogP contribution >= 0.6 is 15.9 Å². The van der Waals surface area contributed by atoms with Crippen molar-refractivity contribution in [1.29, 1.82) is 0 Å². The molecule has 1 fully saturated rings. The molecule has 4 aromatic rings. The molecule has 35 heavy (non-hydrogen) atoms. The summed E-state index contributed by atoms with van der Waals surface area (Å²) in [5.74, 6) is 1.83. The van der Waals surface area contributed by atoms with Crippen LogP contribution in [0.15, 0.2) is 62.9 Å². The maximum Gasteiger partial charge on any atom is 0.282 e. The van der Waals surface area contributed by atoms with Gasteiger partial charge in [0, 0.05) is 33.0 Å². The molecule has 2 aromatic heterocycles.